The van der Waals surface area contributed by atoms with Crippen molar-refractivity contribution in [1.82, 2.24) is 5.32 Å². The Morgan fingerprint density at radius 3 is 2.59 bits per heavy atom. The fraction of sp³-hybridized carbons (Fsp3) is 0.0588. The highest BCUT2D eigenvalue weighted by atomic mass is 79.9. The van der Waals surface area contributed by atoms with Gasteiger partial charge in [-0.2, -0.15) is 0 Å². The summed E-state index contributed by atoms with van der Waals surface area (Å²) in [6.07, 6.45) is 1.90. The van der Waals surface area contributed by atoms with Crippen molar-refractivity contribution in [2.24, 2.45) is 4.99 Å². The Morgan fingerprint density at radius 1 is 1.14 bits per heavy atom. The number of benzene rings is 2. The summed E-state index contributed by atoms with van der Waals surface area (Å²) in [7, 11) is 0. The molecule has 5 heteroatoms. The van der Waals surface area contributed by atoms with Crippen LogP contribution < -0.4 is 5.32 Å². The Hall–Kier alpha value is -1.85. The average Bonchev–Trinajstić information content (AvgIpc) is 2.84. The molecule has 2 aromatic rings. The number of nitrogens with one attached hydrogen (secondary N) is 1. The van der Waals surface area contributed by atoms with E-state index in [2.05, 4.69) is 26.2 Å². The normalized spacial score (nSPS) is 18.0. The summed E-state index contributed by atoms with van der Waals surface area (Å²) in [5.41, 5.74) is 3.00. The van der Waals surface area contributed by atoms with E-state index in [1.807, 2.05) is 61.5 Å². The van der Waals surface area contributed by atoms with E-state index in [0.717, 1.165) is 21.3 Å². The largest absolute Gasteiger partial charge is 0.300 e. The molecule has 0 radical (unpaired) electrons. The summed E-state index contributed by atoms with van der Waals surface area (Å²) in [5.74, 6) is -0.107. The number of nitrogens with zero attached hydrogens (tertiary/aromatic N) is 1. The monoisotopic (exact) mass is 372 g/mol. The molecule has 0 bridgehead atoms. The molecule has 2 aromatic carbocycles. The Balaban J connectivity index is 1.84. The minimum atomic E-state index is -0.107. The number of amidine groups is 1. The summed E-state index contributed by atoms with van der Waals surface area (Å²) in [4.78, 5) is 17.2. The van der Waals surface area contributed by atoms with Crippen LogP contribution in [0.4, 0.5) is 5.69 Å². The van der Waals surface area contributed by atoms with Crippen molar-refractivity contribution < 1.29 is 4.79 Å². The van der Waals surface area contributed by atoms with E-state index in [-0.39, 0.29) is 5.91 Å². The minimum absolute atomic E-state index is 0.107. The molecule has 0 aromatic heterocycles. The standard InChI is InChI=1S/C17H13BrN2OS/c1-11-4-2-3-5-12(11)10-15-16(21)20-17(22-15)19-14-8-6-13(18)7-9-14/h2-10H,1H3,(H,19,20,21)/b15-10-. The van der Waals surface area contributed by atoms with Crippen molar-refractivity contribution in [2.75, 3.05) is 0 Å². The highest BCUT2D eigenvalue weighted by Crippen LogP contribution is 2.29. The first-order valence-electron chi connectivity index (χ1n) is 6.72. The maximum atomic E-state index is 12.1. The van der Waals surface area contributed by atoms with Crippen LogP contribution in [-0.4, -0.2) is 11.1 Å². The molecule has 0 atom stereocenters. The van der Waals surface area contributed by atoms with Gasteiger partial charge in [0, 0.05) is 4.47 Å². The van der Waals surface area contributed by atoms with Crippen LogP contribution in [0.2, 0.25) is 0 Å². The number of carbonyl (C=O) groups is 1. The fourth-order valence-electron chi connectivity index (χ4n) is 2.00. The third-order valence-electron chi connectivity index (χ3n) is 3.18. The van der Waals surface area contributed by atoms with Gasteiger partial charge in [0.15, 0.2) is 5.17 Å². The molecule has 1 aliphatic heterocycles. The molecule has 0 unspecified atom stereocenters. The quantitative estimate of drug-likeness (QED) is 0.779. The number of thioether (sulfide) groups is 1. The third kappa shape index (κ3) is 3.48. The number of hydrogen-bond acceptors (Lipinski definition) is 3. The lowest BCUT2D eigenvalue weighted by atomic mass is 10.1. The number of amides is 1. The second kappa shape index (κ2) is 6.50. The van der Waals surface area contributed by atoms with Crippen molar-refractivity contribution in [3.8, 4) is 0 Å². The van der Waals surface area contributed by atoms with Gasteiger partial charge in [-0.1, -0.05) is 40.2 Å². The number of rotatable bonds is 2. The molecule has 1 aliphatic rings. The third-order valence-corrected chi connectivity index (χ3v) is 4.62. The zero-order chi connectivity index (χ0) is 15.5. The molecular formula is C17H13BrN2OS. The van der Waals surface area contributed by atoms with E-state index >= 15 is 0 Å². The lowest BCUT2D eigenvalue weighted by molar-refractivity contribution is -0.115. The van der Waals surface area contributed by atoms with Crippen LogP contribution in [-0.2, 0) is 4.79 Å². The number of aliphatic imine (C=N–C) groups is 1. The van der Waals surface area contributed by atoms with Crippen molar-refractivity contribution in [3.63, 3.8) is 0 Å². The van der Waals surface area contributed by atoms with Gasteiger partial charge in [-0.3, -0.25) is 4.79 Å². The van der Waals surface area contributed by atoms with Crippen LogP contribution in [0.3, 0.4) is 0 Å². The zero-order valence-electron chi connectivity index (χ0n) is 11.8. The van der Waals surface area contributed by atoms with E-state index in [9.17, 15) is 4.79 Å². The summed E-state index contributed by atoms with van der Waals surface area (Å²) in [5, 5.41) is 3.40. The first-order valence-corrected chi connectivity index (χ1v) is 8.33. The molecule has 3 nitrogen and oxygen atoms in total. The predicted molar refractivity (Wildman–Crippen MR) is 96.1 cm³/mol. The van der Waals surface area contributed by atoms with Crippen molar-refractivity contribution in [3.05, 3.63) is 69.0 Å². The SMILES string of the molecule is Cc1ccccc1/C=C1\SC(=Nc2ccc(Br)cc2)NC1=O. The second-order valence-electron chi connectivity index (χ2n) is 4.81. The maximum Gasteiger partial charge on any atom is 0.264 e. The van der Waals surface area contributed by atoms with Gasteiger partial charge in [-0.05, 0) is 60.2 Å². The van der Waals surface area contributed by atoms with E-state index in [1.54, 1.807) is 0 Å². The second-order valence-corrected chi connectivity index (χ2v) is 6.76. The smallest absolute Gasteiger partial charge is 0.264 e. The van der Waals surface area contributed by atoms with Gasteiger partial charge in [0.2, 0.25) is 0 Å². The van der Waals surface area contributed by atoms with Crippen LogP contribution in [0.1, 0.15) is 11.1 Å². The lowest BCUT2D eigenvalue weighted by Gasteiger charge is -1.99. The van der Waals surface area contributed by atoms with Crippen molar-refractivity contribution in [1.29, 1.82) is 0 Å². The van der Waals surface area contributed by atoms with Crippen LogP contribution in [0.25, 0.3) is 6.08 Å². The Labute approximate surface area is 141 Å². The molecule has 1 amide bonds. The zero-order valence-corrected chi connectivity index (χ0v) is 14.2. The van der Waals surface area contributed by atoms with Gasteiger partial charge >= 0.3 is 0 Å². The molecule has 1 saturated heterocycles. The Bertz CT molecular complexity index is 782. The van der Waals surface area contributed by atoms with E-state index in [1.165, 1.54) is 11.8 Å². The number of hydrogen-bond donors (Lipinski definition) is 1. The Morgan fingerprint density at radius 2 is 1.86 bits per heavy atom. The van der Waals surface area contributed by atoms with E-state index in [0.29, 0.717) is 10.1 Å². The average molecular weight is 373 g/mol. The summed E-state index contributed by atoms with van der Waals surface area (Å²) >= 11 is 4.75. The van der Waals surface area contributed by atoms with Gasteiger partial charge in [-0.25, -0.2) is 4.99 Å². The summed E-state index contributed by atoms with van der Waals surface area (Å²) < 4.78 is 1.000. The van der Waals surface area contributed by atoms with Crippen LogP contribution in [0, 0.1) is 6.92 Å². The molecule has 0 aliphatic carbocycles. The molecule has 0 saturated carbocycles. The number of halogens is 1. The number of aryl methyl sites for hydroxylation is 1. The first kappa shape index (κ1) is 15.1. The molecule has 1 N–H and O–H groups in total. The summed E-state index contributed by atoms with van der Waals surface area (Å²) in [6, 6.07) is 15.6. The maximum absolute atomic E-state index is 12.1. The van der Waals surface area contributed by atoms with Gasteiger partial charge in [0.1, 0.15) is 0 Å². The highest BCUT2D eigenvalue weighted by molar-refractivity contribution is 9.10. The van der Waals surface area contributed by atoms with Crippen molar-refractivity contribution in [2.45, 2.75) is 6.92 Å². The van der Waals surface area contributed by atoms with E-state index in [4.69, 9.17) is 0 Å². The van der Waals surface area contributed by atoms with Crippen molar-refractivity contribution >= 4 is 50.5 Å². The Kier molecular flexibility index (Phi) is 4.45. The number of carbonyl (C=O) groups excluding carboxylic acids is 1. The topological polar surface area (TPSA) is 41.5 Å². The van der Waals surface area contributed by atoms with Gasteiger partial charge in [0.25, 0.3) is 5.91 Å². The first-order chi connectivity index (χ1) is 10.6. The highest BCUT2D eigenvalue weighted by Gasteiger charge is 2.23. The van der Waals surface area contributed by atoms with Gasteiger partial charge in [-0.15, -0.1) is 0 Å². The molecule has 1 heterocycles. The summed E-state index contributed by atoms with van der Waals surface area (Å²) in [6.45, 7) is 2.03. The van der Waals surface area contributed by atoms with Gasteiger partial charge in [0.05, 0.1) is 10.6 Å². The molecular weight excluding hydrogens is 360 g/mol. The molecule has 0 spiro atoms. The molecule has 110 valence electrons. The molecule has 22 heavy (non-hydrogen) atoms. The van der Waals surface area contributed by atoms with Gasteiger partial charge < -0.3 is 5.32 Å². The van der Waals surface area contributed by atoms with Crippen LogP contribution >= 0.6 is 27.7 Å². The van der Waals surface area contributed by atoms with Crippen LogP contribution in [0.5, 0.6) is 0 Å². The lowest BCUT2D eigenvalue weighted by Crippen LogP contribution is -2.19. The fourth-order valence-corrected chi connectivity index (χ4v) is 3.10. The predicted octanol–water partition coefficient (Wildman–Crippen LogP) is 4.65. The molecule has 1 fully saturated rings. The minimum Gasteiger partial charge on any atom is -0.300 e. The van der Waals surface area contributed by atoms with E-state index < -0.39 is 0 Å². The molecule has 3 rings (SSSR count). The van der Waals surface area contributed by atoms with Crippen LogP contribution in [0.15, 0.2) is 62.9 Å².